The van der Waals surface area contributed by atoms with Crippen molar-refractivity contribution >= 4 is 23.9 Å². The van der Waals surface area contributed by atoms with Gasteiger partial charge in [-0.05, 0) is 26.7 Å². The first-order valence-corrected chi connectivity index (χ1v) is 9.47. The average Bonchev–Trinajstić information content (AvgIpc) is 2.74. The smallest absolute Gasteiger partial charge is 0.333 e. The highest BCUT2D eigenvalue weighted by Crippen LogP contribution is 1.94. The third kappa shape index (κ3) is 21.3. The maximum atomic E-state index is 10.9. The van der Waals surface area contributed by atoms with E-state index in [9.17, 15) is 19.2 Å². The zero-order valence-corrected chi connectivity index (χ0v) is 18.3. The van der Waals surface area contributed by atoms with E-state index in [0.29, 0.717) is 37.2 Å². The van der Waals surface area contributed by atoms with Crippen LogP contribution in [0.4, 0.5) is 0 Å². The molecule has 0 aliphatic carbocycles. The third-order valence-corrected chi connectivity index (χ3v) is 2.98. The zero-order chi connectivity index (χ0) is 24.1. The van der Waals surface area contributed by atoms with E-state index >= 15 is 0 Å². The van der Waals surface area contributed by atoms with Gasteiger partial charge in [0, 0.05) is 23.3 Å². The van der Waals surface area contributed by atoms with E-state index in [1.165, 1.54) is 0 Å². The highest BCUT2D eigenvalue weighted by molar-refractivity contribution is 5.87. The molecule has 0 saturated carbocycles. The van der Waals surface area contributed by atoms with E-state index in [4.69, 9.17) is 23.7 Å². The molecule has 9 nitrogen and oxygen atoms in total. The molecule has 31 heavy (non-hydrogen) atoms. The summed E-state index contributed by atoms with van der Waals surface area (Å²) in [4.78, 5) is 43.0. The van der Waals surface area contributed by atoms with E-state index < -0.39 is 23.9 Å². The molecule has 0 fully saturated rings. The second-order valence-electron chi connectivity index (χ2n) is 5.90. The predicted octanol–water partition coefficient (Wildman–Crippen LogP) is 2.47. The molecule has 0 amide bonds. The molecular formula is C22H32O9. The molecule has 0 aromatic rings. The normalized spacial score (nSPS) is 9.23. The van der Waals surface area contributed by atoms with Crippen molar-refractivity contribution in [1.29, 1.82) is 0 Å². The van der Waals surface area contributed by atoms with Crippen molar-refractivity contribution in [3.05, 3.63) is 49.6 Å². The minimum Gasteiger partial charge on any atom is -0.463 e. The summed E-state index contributed by atoms with van der Waals surface area (Å²) >= 11 is 0. The fourth-order valence-electron chi connectivity index (χ4n) is 1.40. The molecule has 0 aromatic heterocycles. The number of hydrogen-bond acceptors (Lipinski definition) is 9. The molecule has 174 valence electrons. The number of hydrogen-bond donors (Lipinski definition) is 0. The Kier molecular flexibility index (Phi) is 19.4. The molecular weight excluding hydrogens is 408 g/mol. The summed E-state index contributed by atoms with van der Waals surface area (Å²) in [6.07, 6.45) is 3.53. The molecule has 0 atom stereocenters. The second kappa shape index (κ2) is 20.1. The van der Waals surface area contributed by atoms with Crippen LogP contribution in [0.5, 0.6) is 0 Å². The summed E-state index contributed by atoms with van der Waals surface area (Å²) in [7, 11) is 0. The lowest BCUT2D eigenvalue weighted by molar-refractivity contribution is -0.142. The Morgan fingerprint density at radius 2 is 0.968 bits per heavy atom. The molecule has 0 unspecified atom stereocenters. The lowest BCUT2D eigenvalue weighted by Crippen LogP contribution is -2.14. The van der Waals surface area contributed by atoms with Gasteiger partial charge in [-0.3, -0.25) is 0 Å². The van der Waals surface area contributed by atoms with Crippen molar-refractivity contribution < 1.29 is 42.9 Å². The first-order chi connectivity index (χ1) is 14.6. The Morgan fingerprint density at radius 3 is 1.26 bits per heavy atom. The molecule has 0 rings (SSSR count). The number of esters is 4. The largest absolute Gasteiger partial charge is 0.463 e. The van der Waals surface area contributed by atoms with Crippen LogP contribution in [0.1, 0.15) is 26.7 Å². The van der Waals surface area contributed by atoms with Gasteiger partial charge in [0.1, 0.15) is 13.2 Å². The van der Waals surface area contributed by atoms with Crippen LogP contribution >= 0.6 is 0 Å². The first kappa shape index (κ1) is 30.0. The van der Waals surface area contributed by atoms with Crippen LogP contribution in [0.25, 0.3) is 0 Å². The summed E-state index contributed by atoms with van der Waals surface area (Å²) in [5.41, 5.74) is 0.695. The number of unbranched alkanes of at least 4 members (excludes halogenated alkanes) is 1. The van der Waals surface area contributed by atoms with E-state index in [0.717, 1.165) is 12.2 Å². The van der Waals surface area contributed by atoms with Gasteiger partial charge in [0.25, 0.3) is 0 Å². The lowest BCUT2D eigenvalue weighted by Gasteiger charge is -2.06. The fraction of sp³-hybridized carbons (Fsp3) is 0.455. The van der Waals surface area contributed by atoms with E-state index in [-0.39, 0.29) is 26.4 Å². The summed E-state index contributed by atoms with van der Waals surface area (Å²) in [6, 6.07) is 0. The summed E-state index contributed by atoms with van der Waals surface area (Å²) in [6.45, 7) is 18.0. The zero-order valence-electron chi connectivity index (χ0n) is 18.3. The topological polar surface area (TPSA) is 114 Å². The van der Waals surface area contributed by atoms with Gasteiger partial charge in [-0.1, -0.05) is 26.3 Å². The van der Waals surface area contributed by atoms with Crippen molar-refractivity contribution in [3.63, 3.8) is 0 Å². The summed E-state index contributed by atoms with van der Waals surface area (Å²) in [5.74, 6) is -1.76. The molecule has 0 bridgehead atoms. The molecule has 0 aliphatic rings. The summed E-state index contributed by atoms with van der Waals surface area (Å²) in [5, 5.41) is 0. The van der Waals surface area contributed by atoms with Gasteiger partial charge >= 0.3 is 23.9 Å². The van der Waals surface area contributed by atoms with Gasteiger partial charge < -0.3 is 23.7 Å². The summed E-state index contributed by atoms with van der Waals surface area (Å²) < 4.78 is 24.1. The van der Waals surface area contributed by atoms with Crippen LogP contribution in [0.3, 0.4) is 0 Å². The minimum atomic E-state index is -0.442. The van der Waals surface area contributed by atoms with Crippen molar-refractivity contribution in [1.82, 2.24) is 0 Å². The van der Waals surface area contributed by atoms with Gasteiger partial charge in [0.15, 0.2) is 0 Å². The molecule has 0 spiro atoms. The molecule has 0 heterocycles. The minimum absolute atomic E-state index is 0.153. The van der Waals surface area contributed by atoms with Crippen molar-refractivity contribution in [3.8, 4) is 0 Å². The Labute approximate surface area is 183 Å². The quantitative estimate of drug-likeness (QED) is 0.164. The monoisotopic (exact) mass is 440 g/mol. The molecule has 9 heteroatoms. The number of rotatable bonds is 15. The molecule has 0 aromatic carbocycles. The Morgan fingerprint density at radius 1 is 0.613 bits per heavy atom. The van der Waals surface area contributed by atoms with Crippen molar-refractivity contribution in [2.75, 3.05) is 39.6 Å². The Balaban J connectivity index is 0. The van der Waals surface area contributed by atoms with Gasteiger partial charge in [0.05, 0.1) is 26.4 Å². The third-order valence-electron chi connectivity index (χ3n) is 2.98. The number of carbonyl (C=O) groups excluding carboxylic acids is 4. The van der Waals surface area contributed by atoms with Crippen molar-refractivity contribution in [2.24, 2.45) is 0 Å². The predicted molar refractivity (Wildman–Crippen MR) is 114 cm³/mol. The van der Waals surface area contributed by atoms with Crippen LogP contribution < -0.4 is 0 Å². The molecule has 0 saturated heterocycles. The van der Waals surface area contributed by atoms with Gasteiger partial charge in [-0.15, -0.1) is 0 Å². The van der Waals surface area contributed by atoms with Crippen LogP contribution in [-0.4, -0.2) is 63.5 Å². The molecule has 0 N–H and O–H groups in total. The van der Waals surface area contributed by atoms with Gasteiger partial charge in [-0.25, -0.2) is 19.2 Å². The lowest BCUT2D eigenvalue weighted by atomic mass is 10.3. The average molecular weight is 440 g/mol. The van der Waals surface area contributed by atoms with Crippen LogP contribution in [0.2, 0.25) is 0 Å². The highest BCUT2D eigenvalue weighted by Gasteiger charge is 2.03. The maximum Gasteiger partial charge on any atom is 0.333 e. The van der Waals surface area contributed by atoms with Gasteiger partial charge in [-0.2, -0.15) is 0 Å². The standard InChI is InChI=1S/C12H18O5.C10H14O4/c1-9(2)11(13)16-7-5-15-6-8-17-12(14)10(3)4;1-3-9(11)13-7-5-6-8-14-10(12)4-2/h1,3,5-8H2,2,4H3;3-4H,1-2,5-8H2. The van der Waals surface area contributed by atoms with Crippen LogP contribution in [0.15, 0.2) is 49.6 Å². The van der Waals surface area contributed by atoms with E-state index in [2.05, 4.69) is 26.3 Å². The van der Waals surface area contributed by atoms with Crippen LogP contribution in [-0.2, 0) is 42.9 Å². The van der Waals surface area contributed by atoms with E-state index in [1.54, 1.807) is 13.8 Å². The second-order valence-corrected chi connectivity index (χ2v) is 5.90. The van der Waals surface area contributed by atoms with Crippen molar-refractivity contribution in [2.45, 2.75) is 26.7 Å². The fourth-order valence-corrected chi connectivity index (χ4v) is 1.40. The molecule has 0 aliphatic heterocycles. The first-order valence-electron chi connectivity index (χ1n) is 9.47. The van der Waals surface area contributed by atoms with Gasteiger partial charge in [0.2, 0.25) is 0 Å². The number of carbonyl (C=O) groups is 4. The van der Waals surface area contributed by atoms with E-state index in [1.807, 2.05) is 0 Å². The Hall–Kier alpha value is -3.20. The highest BCUT2D eigenvalue weighted by atomic mass is 16.6. The SMILES string of the molecule is C=C(C)C(=O)OCCOCCOC(=O)C(=C)C.C=CC(=O)OCCCCOC(=O)C=C. The maximum absolute atomic E-state index is 10.9. The molecule has 0 radical (unpaired) electrons. The Bertz CT molecular complexity index is 581. The van der Waals surface area contributed by atoms with Crippen LogP contribution in [0, 0.1) is 0 Å². The number of ether oxygens (including phenoxy) is 5.